The van der Waals surface area contributed by atoms with Crippen LogP contribution in [-0.2, 0) is 14.3 Å². The number of carbonyl (C=O) groups is 2. The van der Waals surface area contributed by atoms with Crippen LogP contribution in [0.5, 0.6) is 0 Å². The number of amides is 2. The van der Waals surface area contributed by atoms with Gasteiger partial charge in [0.1, 0.15) is 0 Å². The SMILES string of the molecule is COCC1CCCCN(C(=O)C(=O)N2C[C@@H]3CNC[C@]3(C)C2)C1. The van der Waals surface area contributed by atoms with Crippen molar-refractivity contribution < 1.29 is 14.3 Å². The molecule has 130 valence electrons. The zero-order valence-corrected chi connectivity index (χ0v) is 14.3. The molecule has 1 N–H and O–H groups in total. The van der Waals surface area contributed by atoms with E-state index in [0.717, 1.165) is 32.4 Å². The van der Waals surface area contributed by atoms with Crippen LogP contribution in [0.25, 0.3) is 0 Å². The van der Waals surface area contributed by atoms with Crippen molar-refractivity contribution >= 4 is 11.8 Å². The molecule has 3 aliphatic rings. The fourth-order valence-corrected chi connectivity index (χ4v) is 4.37. The van der Waals surface area contributed by atoms with E-state index in [1.807, 2.05) is 0 Å². The zero-order valence-electron chi connectivity index (χ0n) is 14.3. The Morgan fingerprint density at radius 1 is 1.22 bits per heavy atom. The standard InChI is InChI=1S/C17H29N3O3/c1-17-11-18-7-14(17)9-20(12-17)16(22)15(21)19-6-4-3-5-13(8-19)10-23-2/h13-14,18H,3-12H2,1-2H3/t13?,14-,17+/m0/s1. The molecular formula is C17H29N3O3. The van der Waals surface area contributed by atoms with Crippen molar-refractivity contribution in [1.29, 1.82) is 0 Å². The molecule has 3 aliphatic heterocycles. The lowest BCUT2D eigenvalue weighted by molar-refractivity contribution is -0.151. The molecule has 3 fully saturated rings. The number of hydrogen-bond donors (Lipinski definition) is 1. The van der Waals surface area contributed by atoms with Crippen molar-refractivity contribution in [2.24, 2.45) is 17.3 Å². The molecule has 0 saturated carbocycles. The fourth-order valence-electron chi connectivity index (χ4n) is 4.37. The molecule has 2 amide bonds. The van der Waals surface area contributed by atoms with E-state index in [0.29, 0.717) is 44.6 Å². The van der Waals surface area contributed by atoms with Crippen molar-refractivity contribution in [3.8, 4) is 0 Å². The largest absolute Gasteiger partial charge is 0.384 e. The second kappa shape index (κ2) is 6.77. The van der Waals surface area contributed by atoms with Crippen LogP contribution in [-0.4, -0.2) is 74.6 Å². The average molecular weight is 323 g/mol. The Morgan fingerprint density at radius 2 is 2.00 bits per heavy atom. The molecule has 0 spiro atoms. The van der Waals surface area contributed by atoms with Crippen molar-refractivity contribution in [2.75, 3.05) is 53.0 Å². The third kappa shape index (κ3) is 3.38. The van der Waals surface area contributed by atoms with E-state index < -0.39 is 0 Å². The number of fused-ring (bicyclic) bond motifs is 1. The molecule has 3 atom stereocenters. The van der Waals surface area contributed by atoms with Crippen molar-refractivity contribution in [2.45, 2.75) is 26.2 Å². The molecule has 1 unspecified atom stereocenters. The van der Waals surface area contributed by atoms with Crippen LogP contribution in [0.1, 0.15) is 26.2 Å². The summed E-state index contributed by atoms with van der Waals surface area (Å²) in [6.45, 7) is 7.52. The second-order valence-electron chi connectivity index (χ2n) is 7.74. The summed E-state index contributed by atoms with van der Waals surface area (Å²) in [5.74, 6) is 0.201. The van der Waals surface area contributed by atoms with Crippen molar-refractivity contribution in [3.63, 3.8) is 0 Å². The van der Waals surface area contributed by atoms with Gasteiger partial charge in [0.25, 0.3) is 0 Å². The highest BCUT2D eigenvalue weighted by atomic mass is 16.5. The summed E-state index contributed by atoms with van der Waals surface area (Å²) < 4.78 is 5.25. The maximum Gasteiger partial charge on any atom is 0.312 e. The first-order chi connectivity index (χ1) is 11.0. The molecule has 0 bridgehead atoms. The van der Waals surface area contributed by atoms with Gasteiger partial charge in [0, 0.05) is 51.8 Å². The van der Waals surface area contributed by atoms with Gasteiger partial charge in [-0.05, 0) is 24.7 Å². The summed E-state index contributed by atoms with van der Waals surface area (Å²) in [5, 5.41) is 3.40. The summed E-state index contributed by atoms with van der Waals surface area (Å²) in [7, 11) is 1.69. The maximum atomic E-state index is 12.7. The van der Waals surface area contributed by atoms with Gasteiger partial charge in [-0.3, -0.25) is 9.59 Å². The molecular weight excluding hydrogens is 294 g/mol. The molecule has 0 aromatic carbocycles. The first kappa shape index (κ1) is 16.7. The lowest BCUT2D eigenvalue weighted by Gasteiger charge is -2.27. The smallest absolute Gasteiger partial charge is 0.312 e. The first-order valence-corrected chi connectivity index (χ1v) is 8.81. The predicted octanol–water partition coefficient (Wildman–Crippen LogP) is 0.329. The minimum Gasteiger partial charge on any atom is -0.384 e. The van der Waals surface area contributed by atoms with Crippen LogP contribution >= 0.6 is 0 Å². The molecule has 6 heteroatoms. The predicted molar refractivity (Wildman–Crippen MR) is 86.8 cm³/mol. The molecule has 3 rings (SSSR count). The van der Waals surface area contributed by atoms with Gasteiger partial charge in [0.15, 0.2) is 0 Å². The third-order valence-corrected chi connectivity index (χ3v) is 5.83. The van der Waals surface area contributed by atoms with E-state index >= 15 is 0 Å². The summed E-state index contributed by atoms with van der Waals surface area (Å²) in [6, 6.07) is 0. The molecule has 0 aromatic rings. The molecule has 3 saturated heterocycles. The number of rotatable bonds is 2. The molecule has 6 nitrogen and oxygen atoms in total. The molecule has 3 heterocycles. The van der Waals surface area contributed by atoms with Gasteiger partial charge in [-0.2, -0.15) is 0 Å². The molecule has 0 radical (unpaired) electrons. The summed E-state index contributed by atoms with van der Waals surface area (Å²) in [4.78, 5) is 28.9. The van der Waals surface area contributed by atoms with Gasteiger partial charge < -0.3 is 19.9 Å². The van der Waals surface area contributed by atoms with Gasteiger partial charge in [0.2, 0.25) is 0 Å². The van der Waals surface area contributed by atoms with Gasteiger partial charge in [0.05, 0.1) is 6.61 Å². The van der Waals surface area contributed by atoms with Gasteiger partial charge >= 0.3 is 11.8 Å². The Hall–Kier alpha value is -1.14. The number of nitrogens with one attached hydrogen (secondary N) is 1. The van der Waals surface area contributed by atoms with Crippen LogP contribution in [0.4, 0.5) is 0 Å². The summed E-state index contributed by atoms with van der Waals surface area (Å²) in [5.41, 5.74) is 0.132. The van der Waals surface area contributed by atoms with Crippen LogP contribution in [0.2, 0.25) is 0 Å². The number of hydrogen-bond acceptors (Lipinski definition) is 4. The Morgan fingerprint density at radius 3 is 2.74 bits per heavy atom. The number of carbonyl (C=O) groups excluding carboxylic acids is 2. The minimum absolute atomic E-state index is 0.132. The topological polar surface area (TPSA) is 61.9 Å². The van der Waals surface area contributed by atoms with Gasteiger partial charge in [-0.15, -0.1) is 0 Å². The quantitative estimate of drug-likeness (QED) is 0.744. The monoisotopic (exact) mass is 323 g/mol. The Bertz CT molecular complexity index is 470. The maximum absolute atomic E-state index is 12.7. The highest BCUT2D eigenvalue weighted by Crippen LogP contribution is 2.38. The Labute approximate surface area is 138 Å². The van der Waals surface area contributed by atoms with E-state index in [4.69, 9.17) is 4.74 Å². The molecule has 0 aromatic heterocycles. The number of methoxy groups -OCH3 is 1. The van der Waals surface area contributed by atoms with Crippen LogP contribution < -0.4 is 5.32 Å². The highest BCUT2D eigenvalue weighted by Gasteiger charge is 2.48. The lowest BCUT2D eigenvalue weighted by atomic mass is 9.83. The normalized spacial score (nSPS) is 34.3. The number of ether oxygens (including phenoxy) is 1. The number of likely N-dealkylation sites (tertiary alicyclic amines) is 2. The number of nitrogens with zero attached hydrogens (tertiary/aromatic N) is 2. The average Bonchev–Trinajstić information content (AvgIpc) is 2.92. The van der Waals surface area contributed by atoms with E-state index in [9.17, 15) is 9.59 Å². The van der Waals surface area contributed by atoms with Gasteiger partial charge in [-0.25, -0.2) is 0 Å². The zero-order chi connectivity index (χ0) is 16.4. The Balaban J connectivity index is 1.62. The van der Waals surface area contributed by atoms with Gasteiger partial charge in [-0.1, -0.05) is 13.3 Å². The molecule has 23 heavy (non-hydrogen) atoms. The first-order valence-electron chi connectivity index (χ1n) is 8.81. The van der Waals surface area contributed by atoms with E-state index in [1.54, 1.807) is 16.9 Å². The fraction of sp³-hybridized carbons (Fsp3) is 0.882. The summed E-state index contributed by atoms with van der Waals surface area (Å²) in [6.07, 6.45) is 3.15. The van der Waals surface area contributed by atoms with Crippen LogP contribution in [0.15, 0.2) is 0 Å². The lowest BCUT2D eigenvalue weighted by Crippen LogP contribution is -2.47. The highest BCUT2D eigenvalue weighted by molar-refractivity contribution is 6.35. The summed E-state index contributed by atoms with van der Waals surface area (Å²) >= 11 is 0. The van der Waals surface area contributed by atoms with Crippen molar-refractivity contribution in [3.05, 3.63) is 0 Å². The Kier molecular flexibility index (Phi) is 4.92. The van der Waals surface area contributed by atoms with Crippen molar-refractivity contribution in [1.82, 2.24) is 15.1 Å². The van der Waals surface area contributed by atoms with Crippen LogP contribution in [0.3, 0.4) is 0 Å². The van der Waals surface area contributed by atoms with E-state index in [-0.39, 0.29) is 17.2 Å². The minimum atomic E-state index is -0.315. The third-order valence-electron chi connectivity index (χ3n) is 5.83. The second-order valence-corrected chi connectivity index (χ2v) is 7.74. The van der Waals surface area contributed by atoms with E-state index in [2.05, 4.69) is 12.2 Å². The van der Waals surface area contributed by atoms with Crippen LogP contribution in [0, 0.1) is 17.3 Å². The van der Waals surface area contributed by atoms with E-state index in [1.165, 1.54) is 0 Å². The molecule has 0 aliphatic carbocycles.